The second kappa shape index (κ2) is 4.65. The molecule has 2 unspecified atom stereocenters. The van der Waals surface area contributed by atoms with Crippen LogP contribution in [0.5, 0.6) is 5.75 Å². The first kappa shape index (κ1) is 11.8. The molecular weight excluding hydrogens is 216 g/mol. The first-order valence-corrected chi connectivity index (χ1v) is 5.97. The molecule has 1 aliphatic rings. The molecule has 1 saturated carbocycles. The molecule has 17 heavy (non-hydrogen) atoms. The fraction of sp³-hybridized carbons (Fsp3) is 0.462. The van der Waals surface area contributed by atoms with Gasteiger partial charge in [-0.15, -0.1) is 0 Å². The molecule has 1 aliphatic carbocycles. The van der Waals surface area contributed by atoms with Crippen LogP contribution in [0.4, 0.5) is 11.4 Å². The van der Waals surface area contributed by atoms with Crippen molar-refractivity contribution in [3.05, 3.63) is 18.2 Å². The van der Waals surface area contributed by atoms with E-state index in [0.717, 1.165) is 19.3 Å². The molecule has 1 aromatic rings. The summed E-state index contributed by atoms with van der Waals surface area (Å²) in [5.41, 5.74) is 6.70. The molecule has 1 amide bonds. The molecule has 0 aromatic heterocycles. The fourth-order valence-electron chi connectivity index (χ4n) is 2.42. The van der Waals surface area contributed by atoms with E-state index in [-0.39, 0.29) is 17.6 Å². The number of rotatable bonds is 2. The number of nitrogens with one attached hydrogen (secondary N) is 1. The van der Waals surface area contributed by atoms with Crippen LogP contribution in [-0.2, 0) is 4.79 Å². The number of carbonyl (C=O) groups excluding carboxylic acids is 1. The average molecular weight is 234 g/mol. The number of nitrogens with two attached hydrogens (primary N) is 1. The molecule has 0 heterocycles. The third-order valence-electron chi connectivity index (χ3n) is 3.49. The zero-order valence-electron chi connectivity index (χ0n) is 9.94. The van der Waals surface area contributed by atoms with Crippen molar-refractivity contribution in [1.29, 1.82) is 0 Å². The summed E-state index contributed by atoms with van der Waals surface area (Å²) in [6.45, 7) is 2.11. The van der Waals surface area contributed by atoms with E-state index in [1.807, 2.05) is 0 Å². The van der Waals surface area contributed by atoms with E-state index in [9.17, 15) is 9.90 Å². The highest BCUT2D eigenvalue weighted by Gasteiger charge is 2.29. The quantitative estimate of drug-likeness (QED) is 0.543. The van der Waals surface area contributed by atoms with Gasteiger partial charge in [-0.05, 0) is 30.9 Å². The number of phenols is 1. The van der Waals surface area contributed by atoms with Gasteiger partial charge in [0.25, 0.3) is 0 Å². The van der Waals surface area contributed by atoms with Crippen LogP contribution in [0.2, 0.25) is 0 Å². The Labute approximate surface area is 101 Å². The number of hydrogen-bond acceptors (Lipinski definition) is 3. The van der Waals surface area contributed by atoms with Crippen LogP contribution in [-0.4, -0.2) is 11.0 Å². The molecule has 0 radical (unpaired) electrons. The summed E-state index contributed by atoms with van der Waals surface area (Å²) in [5, 5.41) is 12.1. The van der Waals surface area contributed by atoms with Gasteiger partial charge < -0.3 is 16.2 Å². The summed E-state index contributed by atoms with van der Waals surface area (Å²) in [5.74, 6) is 0.665. The molecule has 92 valence electrons. The van der Waals surface area contributed by atoms with Crippen LogP contribution in [0.15, 0.2) is 18.2 Å². The molecule has 1 fully saturated rings. The molecule has 4 heteroatoms. The lowest BCUT2D eigenvalue weighted by atomic mass is 9.97. The van der Waals surface area contributed by atoms with Crippen LogP contribution in [0, 0.1) is 11.8 Å². The Morgan fingerprint density at radius 2 is 2.24 bits per heavy atom. The molecule has 0 saturated heterocycles. The minimum Gasteiger partial charge on any atom is -0.508 e. The number of carbonyl (C=O) groups is 1. The first-order chi connectivity index (χ1) is 8.08. The van der Waals surface area contributed by atoms with Crippen LogP contribution in [0.1, 0.15) is 26.2 Å². The Morgan fingerprint density at radius 3 is 2.82 bits per heavy atom. The Balaban J connectivity index is 2.07. The molecule has 1 aromatic carbocycles. The summed E-state index contributed by atoms with van der Waals surface area (Å²) < 4.78 is 0. The van der Waals surface area contributed by atoms with Gasteiger partial charge in [-0.2, -0.15) is 0 Å². The topological polar surface area (TPSA) is 75.3 Å². The molecule has 0 bridgehead atoms. The maximum absolute atomic E-state index is 12.0. The Kier molecular flexibility index (Phi) is 3.22. The van der Waals surface area contributed by atoms with E-state index < -0.39 is 0 Å². The number of hydrogen-bond donors (Lipinski definition) is 3. The highest BCUT2D eigenvalue weighted by atomic mass is 16.3. The summed E-state index contributed by atoms with van der Waals surface area (Å²) in [7, 11) is 0. The van der Waals surface area contributed by atoms with Crippen molar-refractivity contribution >= 4 is 17.3 Å². The summed E-state index contributed by atoms with van der Waals surface area (Å²) in [6, 6.07) is 4.58. The molecule has 4 N–H and O–H groups in total. The molecule has 2 rings (SSSR count). The zero-order chi connectivity index (χ0) is 12.4. The summed E-state index contributed by atoms with van der Waals surface area (Å²) in [6.07, 6.45) is 3.18. The maximum Gasteiger partial charge on any atom is 0.227 e. The monoisotopic (exact) mass is 234 g/mol. The van der Waals surface area contributed by atoms with Gasteiger partial charge in [-0.3, -0.25) is 4.79 Å². The van der Waals surface area contributed by atoms with Crippen molar-refractivity contribution in [1.82, 2.24) is 0 Å². The number of phenolic OH excluding ortho intramolecular Hbond substituents is 1. The predicted molar refractivity (Wildman–Crippen MR) is 67.7 cm³/mol. The van der Waals surface area contributed by atoms with Gasteiger partial charge in [0, 0.05) is 12.0 Å². The van der Waals surface area contributed by atoms with E-state index in [4.69, 9.17) is 5.73 Å². The minimum absolute atomic E-state index is 0.0346. The lowest BCUT2D eigenvalue weighted by Crippen LogP contribution is -2.24. The molecule has 0 spiro atoms. The van der Waals surface area contributed by atoms with Crippen molar-refractivity contribution in [3.63, 3.8) is 0 Å². The lowest BCUT2D eigenvalue weighted by Gasteiger charge is -2.16. The predicted octanol–water partition coefficient (Wildman–Crippen LogP) is 2.35. The normalized spacial score (nSPS) is 23.6. The Bertz CT molecular complexity index is 431. The molecule has 4 nitrogen and oxygen atoms in total. The van der Waals surface area contributed by atoms with Crippen molar-refractivity contribution < 1.29 is 9.90 Å². The lowest BCUT2D eigenvalue weighted by molar-refractivity contribution is -0.120. The maximum atomic E-state index is 12.0. The van der Waals surface area contributed by atoms with E-state index in [2.05, 4.69) is 12.2 Å². The highest BCUT2D eigenvalue weighted by Crippen LogP contribution is 2.33. The van der Waals surface area contributed by atoms with Crippen LogP contribution >= 0.6 is 0 Å². The van der Waals surface area contributed by atoms with Crippen LogP contribution in [0.25, 0.3) is 0 Å². The van der Waals surface area contributed by atoms with Gasteiger partial charge in [0.1, 0.15) is 5.75 Å². The van der Waals surface area contributed by atoms with Gasteiger partial charge in [0.15, 0.2) is 0 Å². The fourth-order valence-corrected chi connectivity index (χ4v) is 2.42. The largest absolute Gasteiger partial charge is 0.508 e. The number of amides is 1. The van der Waals surface area contributed by atoms with E-state index in [0.29, 0.717) is 17.3 Å². The van der Waals surface area contributed by atoms with Crippen molar-refractivity contribution in [3.8, 4) is 5.75 Å². The average Bonchev–Trinajstić information content (AvgIpc) is 2.68. The van der Waals surface area contributed by atoms with Gasteiger partial charge in [-0.25, -0.2) is 0 Å². The number of anilines is 2. The first-order valence-electron chi connectivity index (χ1n) is 5.97. The van der Waals surface area contributed by atoms with E-state index in [1.165, 1.54) is 12.1 Å². The van der Waals surface area contributed by atoms with Crippen molar-refractivity contribution in [2.75, 3.05) is 11.1 Å². The van der Waals surface area contributed by atoms with Crippen molar-refractivity contribution in [2.24, 2.45) is 11.8 Å². The number of nitrogen functional groups attached to an aromatic ring is 1. The number of aromatic hydroxyl groups is 1. The van der Waals surface area contributed by atoms with E-state index >= 15 is 0 Å². The van der Waals surface area contributed by atoms with Gasteiger partial charge in [0.05, 0.1) is 11.4 Å². The smallest absolute Gasteiger partial charge is 0.227 e. The zero-order valence-corrected chi connectivity index (χ0v) is 9.94. The van der Waals surface area contributed by atoms with Crippen LogP contribution < -0.4 is 11.1 Å². The summed E-state index contributed by atoms with van der Waals surface area (Å²) in [4.78, 5) is 12.0. The van der Waals surface area contributed by atoms with E-state index in [1.54, 1.807) is 6.07 Å². The van der Waals surface area contributed by atoms with Gasteiger partial charge >= 0.3 is 0 Å². The number of benzene rings is 1. The standard InChI is InChI=1S/C13H18N2O2/c1-8-3-2-4-10(8)13(17)15-12-6-5-9(16)7-11(12)14/h5-8,10,16H,2-4,14H2,1H3,(H,15,17). The molecule has 0 aliphatic heterocycles. The minimum atomic E-state index is 0.0346. The van der Waals surface area contributed by atoms with Gasteiger partial charge in [-0.1, -0.05) is 13.3 Å². The second-order valence-electron chi connectivity index (χ2n) is 4.78. The molecular formula is C13H18N2O2. The SMILES string of the molecule is CC1CCCC1C(=O)Nc1ccc(O)cc1N. The van der Waals surface area contributed by atoms with Crippen LogP contribution in [0.3, 0.4) is 0 Å². The highest BCUT2D eigenvalue weighted by molar-refractivity contribution is 5.95. The Morgan fingerprint density at radius 1 is 1.47 bits per heavy atom. The third-order valence-corrected chi connectivity index (χ3v) is 3.49. The Hall–Kier alpha value is -1.71. The van der Waals surface area contributed by atoms with Crippen molar-refractivity contribution in [2.45, 2.75) is 26.2 Å². The third kappa shape index (κ3) is 2.52. The summed E-state index contributed by atoms with van der Waals surface area (Å²) >= 11 is 0. The van der Waals surface area contributed by atoms with Gasteiger partial charge in [0.2, 0.25) is 5.91 Å². The second-order valence-corrected chi connectivity index (χ2v) is 4.78. The molecule has 2 atom stereocenters.